The summed E-state index contributed by atoms with van der Waals surface area (Å²) in [5.41, 5.74) is -1.24. The average Bonchev–Trinajstić information content (AvgIpc) is 2.87. The lowest BCUT2D eigenvalue weighted by molar-refractivity contribution is -0.145. The Balaban J connectivity index is 2.09. The van der Waals surface area contributed by atoms with Gasteiger partial charge in [-0.15, -0.1) is 0 Å². The minimum absolute atomic E-state index is 0.190. The van der Waals surface area contributed by atoms with Crippen LogP contribution in [0.1, 0.15) is 46.5 Å². The molecule has 0 aromatic rings. The van der Waals surface area contributed by atoms with Gasteiger partial charge in [0.15, 0.2) is 0 Å². The van der Waals surface area contributed by atoms with E-state index in [-0.39, 0.29) is 12.1 Å². The highest BCUT2D eigenvalue weighted by molar-refractivity contribution is 5.80. The van der Waals surface area contributed by atoms with Gasteiger partial charge >= 0.3 is 12.1 Å². The largest absolute Gasteiger partial charge is 0.481 e. The molecule has 18 heavy (non-hydrogen) atoms. The van der Waals surface area contributed by atoms with Crippen LogP contribution in [0.4, 0.5) is 4.79 Å². The molecule has 2 rings (SSSR count). The predicted molar refractivity (Wildman–Crippen MR) is 65.3 cm³/mol. The fraction of sp³-hybridized carbons (Fsp3) is 0.846. The maximum absolute atomic E-state index is 12.1. The SMILES string of the molecule is CC(C)(C)OC(=O)N1CCCC1C1(C(=O)O)CC1. The number of hydrogen-bond acceptors (Lipinski definition) is 3. The lowest BCUT2D eigenvalue weighted by Gasteiger charge is -2.31. The fourth-order valence-corrected chi connectivity index (χ4v) is 2.70. The van der Waals surface area contributed by atoms with Gasteiger partial charge in [0, 0.05) is 6.54 Å². The molecular formula is C13H21NO4. The van der Waals surface area contributed by atoms with Crippen LogP contribution in [0.5, 0.6) is 0 Å². The first-order valence-corrected chi connectivity index (χ1v) is 6.49. The summed E-state index contributed by atoms with van der Waals surface area (Å²) in [5, 5.41) is 9.32. The third kappa shape index (κ3) is 2.31. The molecule has 1 heterocycles. The molecule has 1 aliphatic heterocycles. The van der Waals surface area contributed by atoms with Crippen molar-refractivity contribution in [2.24, 2.45) is 5.41 Å². The number of nitrogens with zero attached hydrogens (tertiary/aromatic N) is 1. The summed E-state index contributed by atoms with van der Waals surface area (Å²) in [6.07, 6.45) is 2.60. The summed E-state index contributed by atoms with van der Waals surface area (Å²) >= 11 is 0. The van der Waals surface area contributed by atoms with Crippen LogP contribution >= 0.6 is 0 Å². The van der Waals surface area contributed by atoms with Gasteiger partial charge in [-0.1, -0.05) is 0 Å². The van der Waals surface area contributed by atoms with Gasteiger partial charge in [-0.05, 0) is 46.5 Å². The molecule has 0 bridgehead atoms. The summed E-state index contributed by atoms with van der Waals surface area (Å²) in [7, 11) is 0. The number of aliphatic carboxylic acids is 1. The first kappa shape index (κ1) is 13.2. The van der Waals surface area contributed by atoms with Crippen molar-refractivity contribution in [1.29, 1.82) is 0 Å². The molecule has 0 aromatic carbocycles. The molecule has 2 aliphatic rings. The molecule has 1 N–H and O–H groups in total. The standard InChI is InChI=1S/C13H21NO4/c1-12(2,3)18-11(17)14-8-4-5-9(14)13(6-7-13)10(15)16/h9H,4-8H2,1-3H3,(H,15,16). The molecule has 1 amide bonds. The maximum Gasteiger partial charge on any atom is 0.410 e. The van der Waals surface area contributed by atoms with E-state index in [9.17, 15) is 14.7 Å². The first-order valence-electron chi connectivity index (χ1n) is 6.49. The van der Waals surface area contributed by atoms with Crippen molar-refractivity contribution in [2.75, 3.05) is 6.54 Å². The topological polar surface area (TPSA) is 66.8 Å². The molecule has 1 atom stereocenters. The Kier molecular flexibility index (Phi) is 3.03. The van der Waals surface area contributed by atoms with E-state index in [2.05, 4.69) is 0 Å². The van der Waals surface area contributed by atoms with Gasteiger partial charge in [0.25, 0.3) is 0 Å². The summed E-state index contributed by atoms with van der Waals surface area (Å²) in [6.45, 7) is 6.06. The van der Waals surface area contributed by atoms with E-state index >= 15 is 0 Å². The number of amides is 1. The van der Waals surface area contributed by atoms with E-state index < -0.39 is 17.0 Å². The minimum Gasteiger partial charge on any atom is -0.481 e. The van der Waals surface area contributed by atoms with Crippen molar-refractivity contribution < 1.29 is 19.4 Å². The van der Waals surface area contributed by atoms with Crippen LogP contribution in [-0.4, -0.2) is 40.3 Å². The van der Waals surface area contributed by atoms with Crippen LogP contribution in [-0.2, 0) is 9.53 Å². The average molecular weight is 255 g/mol. The van der Waals surface area contributed by atoms with Crippen molar-refractivity contribution in [3.05, 3.63) is 0 Å². The van der Waals surface area contributed by atoms with Gasteiger partial charge < -0.3 is 14.7 Å². The highest BCUT2D eigenvalue weighted by Crippen LogP contribution is 2.53. The zero-order chi connectivity index (χ0) is 13.6. The van der Waals surface area contributed by atoms with Crippen molar-refractivity contribution in [3.8, 4) is 0 Å². The summed E-state index contributed by atoms with van der Waals surface area (Å²) in [5.74, 6) is -0.775. The zero-order valence-electron chi connectivity index (χ0n) is 11.2. The van der Waals surface area contributed by atoms with Gasteiger partial charge in [-0.2, -0.15) is 0 Å². The van der Waals surface area contributed by atoms with Gasteiger partial charge in [0.05, 0.1) is 11.5 Å². The number of carboxylic acid groups (broad SMARTS) is 1. The molecule has 0 spiro atoms. The number of hydrogen-bond donors (Lipinski definition) is 1. The number of carboxylic acids is 1. The van der Waals surface area contributed by atoms with Gasteiger partial charge in [-0.3, -0.25) is 4.79 Å². The summed E-state index contributed by atoms with van der Waals surface area (Å²) < 4.78 is 5.35. The number of rotatable bonds is 2. The first-order chi connectivity index (χ1) is 8.26. The summed E-state index contributed by atoms with van der Waals surface area (Å²) in [4.78, 5) is 25.0. The van der Waals surface area contributed by atoms with E-state index in [1.807, 2.05) is 20.8 Å². The van der Waals surface area contributed by atoms with Gasteiger partial charge in [0.2, 0.25) is 0 Å². The second kappa shape index (κ2) is 4.14. The van der Waals surface area contributed by atoms with Crippen LogP contribution < -0.4 is 0 Å². The highest BCUT2D eigenvalue weighted by atomic mass is 16.6. The molecule has 1 aliphatic carbocycles. The van der Waals surface area contributed by atoms with E-state index in [0.29, 0.717) is 19.4 Å². The molecule has 1 saturated heterocycles. The molecule has 1 unspecified atom stereocenters. The molecule has 1 saturated carbocycles. The lowest BCUT2D eigenvalue weighted by atomic mass is 9.94. The second-order valence-corrected chi connectivity index (χ2v) is 6.29. The van der Waals surface area contributed by atoms with E-state index in [1.54, 1.807) is 4.90 Å². The smallest absolute Gasteiger partial charge is 0.410 e. The lowest BCUT2D eigenvalue weighted by Crippen LogP contribution is -2.46. The monoisotopic (exact) mass is 255 g/mol. The number of ether oxygens (including phenoxy) is 1. The Labute approximate surface area is 107 Å². The second-order valence-electron chi connectivity index (χ2n) is 6.29. The zero-order valence-corrected chi connectivity index (χ0v) is 11.2. The van der Waals surface area contributed by atoms with Crippen molar-refractivity contribution in [2.45, 2.75) is 58.1 Å². The van der Waals surface area contributed by atoms with Crippen molar-refractivity contribution >= 4 is 12.1 Å². The maximum atomic E-state index is 12.1. The Bertz CT molecular complexity index is 368. The molecule has 5 nitrogen and oxygen atoms in total. The predicted octanol–water partition coefficient (Wildman–Crippen LogP) is 2.25. The Morgan fingerprint density at radius 2 is 1.94 bits per heavy atom. The third-order valence-electron chi connectivity index (χ3n) is 3.73. The molecule has 0 radical (unpaired) electrons. The molecular weight excluding hydrogens is 234 g/mol. The molecule has 102 valence electrons. The van der Waals surface area contributed by atoms with Crippen LogP contribution in [0, 0.1) is 5.41 Å². The van der Waals surface area contributed by atoms with Gasteiger partial charge in [0.1, 0.15) is 5.60 Å². The van der Waals surface area contributed by atoms with Crippen LogP contribution in [0.2, 0.25) is 0 Å². The third-order valence-corrected chi connectivity index (χ3v) is 3.73. The number of likely N-dealkylation sites (tertiary alicyclic amines) is 1. The quantitative estimate of drug-likeness (QED) is 0.821. The Hall–Kier alpha value is -1.26. The van der Waals surface area contributed by atoms with Crippen molar-refractivity contribution in [3.63, 3.8) is 0 Å². The van der Waals surface area contributed by atoms with E-state index in [1.165, 1.54) is 0 Å². The Morgan fingerprint density at radius 3 is 2.39 bits per heavy atom. The van der Waals surface area contributed by atoms with Crippen LogP contribution in [0.3, 0.4) is 0 Å². The Morgan fingerprint density at radius 1 is 1.33 bits per heavy atom. The van der Waals surface area contributed by atoms with E-state index in [0.717, 1.165) is 12.8 Å². The van der Waals surface area contributed by atoms with Crippen molar-refractivity contribution in [1.82, 2.24) is 4.90 Å². The fourth-order valence-electron chi connectivity index (χ4n) is 2.70. The normalized spacial score (nSPS) is 25.9. The van der Waals surface area contributed by atoms with E-state index in [4.69, 9.17) is 4.74 Å². The minimum atomic E-state index is -0.775. The molecule has 2 fully saturated rings. The van der Waals surface area contributed by atoms with Gasteiger partial charge in [-0.25, -0.2) is 4.79 Å². The number of carbonyl (C=O) groups excluding carboxylic acids is 1. The number of carbonyl (C=O) groups is 2. The van der Waals surface area contributed by atoms with Crippen LogP contribution in [0.25, 0.3) is 0 Å². The molecule has 5 heteroatoms. The highest BCUT2D eigenvalue weighted by Gasteiger charge is 2.60. The molecule has 0 aromatic heterocycles. The van der Waals surface area contributed by atoms with Crippen LogP contribution in [0.15, 0.2) is 0 Å². The summed E-state index contributed by atoms with van der Waals surface area (Å²) in [6, 6.07) is -0.190.